The Hall–Kier alpha value is -5.74. The van der Waals surface area contributed by atoms with Gasteiger partial charge >= 0.3 is 20.2 Å². The fourth-order valence-electron chi connectivity index (χ4n) is 4.69. The molecule has 0 spiro atoms. The molecule has 2 amide bonds. The van der Waals surface area contributed by atoms with Crippen LogP contribution in [0.3, 0.4) is 0 Å². The lowest BCUT2D eigenvalue weighted by Crippen LogP contribution is -2.53. The lowest BCUT2D eigenvalue weighted by molar-refractivity contribution is -0.149. The maximum absolute atomic E-state index is 13.0. The number of amides is 2. The molecule has 50 heavy (non-hydrogen) atoms. The number of hydrazone groups is 2. The van der Waals surface area contributed by atoms with Crippen molar-refractivity contribution in [3.63, 3.8) is 0 Å². The first-order valence-electron chi connectivity index (χ1n) is 15.0. The first kappa shape index (κ1) is 35.6. The minimum atomic E-state index is -4.06. The zero-order chi connectivity index (χ0) is 35.8. The molecule has 14 nitrogen and oxygen atoms in total. The highest BCUT2D eigenvalue weighted by Crippen LogP contribution is 2.41. The van der Waals surface area contributed by atoms with E-state index in [-0.39, 0.29) is 21.3 Å². The average Bonchev–Trinajstić information content (AvgIpc) is 3.09. The minimum absolute atomic E-state index is 0.0351. The zero-order valence-corrected chi connectivity index (χ0v) is 28.4. The van der Waals surface area contributed by atoms with Crippen LogP contribution in [0.2, 0.25) is 0 Å². The molecule has 2 N–H and O–H groups in total. The van der Waals surface area contributed by atoms with Gasteiger partial charge in [-0.15, -0.1) is 0 Å². The van der Waals surface area contributed by atoms with Gasteiger partial charge in [0.15, 0.2) is 0 Å². The van der Waals surface area contributed by atoms with Crippen LogP contribution >= 0.6 is 0 Å². The van der Waals surface area contributed by atoms with E-state index in [1.165, 1.54) is 99.4 Å². The summed E-state index contributed by atoms with van der Waals surface area (Å²) in [6, 6.07) is 23.5. The normalized spacial score (nSPS) is 14.0. The lowest BCUT2D eigenvalue weighted by Gasteiger charge is -2.36. The van der Waals surface area contributed by atoms with E-state index >= 15 is 0 Å². The van der Waals surface area contributed by atoms with Crippen LogP contribution in [0, 0.1) is 5.41 Å². The largest absolute Gasteiger partial charge is 0.497 e. The van der Waals surface area contributed by atoms with Crippen molar-refractivity contribution >= 4 is 44.5 Å². The van der Waals surface area contributed by atoms with Gasteiger partial charge in [-0.3, -0.25) is 9.59 Å². The van der Waals surface area contributed by atoms with Crippen molar-refractivity contribution in [3.8, 4) is 23.0 Å². The number of nitrogens with one attached hydrogen (secondary N) is 2. The minimum Gasteiger partial charge on any atom is -0.497 e. The predicted molar refractivity (Wildman–Crippen MR) is 182 cm³/mol. The Morgan fingerprint density at radius 1 is 0.580 bits per heavy atom. The summed E-state index contributed by atoms with van der Waals surface area (Å²) in [5, 5.41) is 7.91. The maximum Gasteiger partial charge on any atom is 0.339 e. The Balaban J connectivity index is 1.11. The maximum atomic E-state index is 13.0. The smallest absolute Gasteiger partial charge is 0.339 e. The molecule has 0 unspecified atom stereocenters. The van der Waals surface area contributed by atoms with Crippen molar-refractivity contribution in [1.29, 1.82) is 0 Å². The van der Waals surface area contributed by atoms with E-state index in [1.54, 1.807) is 24.3 Å². The summed E-state index contributed by atoms with van der Waals surface area (Å²) < 4.78 is 70.7. The summed E-state index contributed by atoms with van der Waals surface area (Å²) in [5.74, 6) is -0.0287. The molecular weight excluding hydrogens is 689 g/mol. The molecule has 5 rings (SSSR count). The molecule has 0 bridgehead atoms. The molecule has 0 radical (unpaired) electrons. The second-order valence-electron chi connectivity index (χ2n) is 10.9. The Bertz CT molecular complexity index is 1950. The molecule has 4 aromatic rings. The van der Waals surface area contributed by atoms with Gasteiger partial charge in [0.05, 0.1) is 26.6 Å². The number of hydrogen-bond acceptors (Lipinski definition) is 12. The zero-order valence-electron chi connectivity index (χ0n) is 26.8. The first-order chi connectivity index (χ1) is 23.9. The first-order valence-corrected chi connectivity index (χ1v) is 17.8. The van der Waals surface area contributed by atoms with Crippen LogP contribution < -0.4 is 28.7 Å². The number of benzene rings is 4. The number of nitrogens with zero attached hydrogens (tertiary/aromatic N) is 2. The van der Waals surface area contributed by atoms with Gasteiger partial charge in [-0.05, 0) is 121 Å². The van der Waals surface area contributed by atoms with Crippen molar-refractivity contribution in [1.82, 2.24) is 10.9 Å². The van der Waals surface area contributed by atoms with Gasteiger partial charge in [-0.1, -0.05) is 6.42 Å². The highest BCUT2D eigenvalue weighted by atomic mass is 32.2. The van der Waals surface area contributed by atoms with Crippen LogP contribution in [0.25, 0.3) is 0 Å². The molecule has 16 heteroatoms. The van der Waals surface area contributed by atoms with Crippen molar-refractivity contribution in [2.45, 2.75) is 29.1 Å². The lowest BCUT2D eigenvalue weighted by atomic mass is 9.67. The van der Waals surface area contributed by atoms with Crippen molar-refractivity contribution in [2.24, 2.45) is 15.6 Å². The Morgan fingerprint density at radius 2 is 0.920 bits per heavy atom. The molecule has 260 valence electrons. The van der Waals surface area contributed by atoms with Gasteiger partial charge in [0, 0.05) is 0 Å². The monoisotopic (exact) mass is 720 g/mol. The summed E-state index contributed by atoms with van der Waals surface area (Å²) >= 11 is 0. The molecule has 0 saturated heterocycles. The second kappa shape index (κ2) is 15.2. The molecule has 1 aliphatic carbocycles. The van der Waals surface area contributed by atoms with E-state index in [0.717, 1.165) is 0 Å². The molecule has 4 aromatic carbocycles. The quantitative estimate of drug-likeness (QED) is 0.0834. The summed E-state index contributed by atoms with van der Waals surface area (Å²) in [4.78, 5) is 25.9. The number of carbonyl (C=O) groups excluding carboxylic acids is 2. The third-order valence-corrected chi connectivity index (χ3v) is 10.2. The second-order valence-corrected chi connectivity index (χ2v) is 14.0. The number of carbonyl (C=O) groups is 2. The Kier molecular flexibility index (Phi) is 10.8. The highest BCUT2D eigenvalue weighted by molar-refractivity contribution is 7.87. The van der Waals surface area contributed by atoms with Crippen molar-refractivity contribution in [3.05, 3.63) is 108 Å². The molecule has 1 fully saturated rings. The van der Waals surface area contributed by atoms with Crippen LogP contribution in [-0.2, 0) is 29.8 Å². The van der Waals surface area contributed by atoms with Crippen LogP contribution in [-0.4, -0.2) is 55.3 Å². The fraction of sp³-hybridized carbons (Fsp3) is 0.176. The van der Waals surface area contributed by atoms with E-state index in [0.29, 0.717) is 41.9 Å². The highest BCUT2D eigenvalue weighted by Gasteiger charge is 2.51. The van der Waals surface area contributed by atoms with Crippen LogP contribution in [0.5, 0.6) is 23.0 Å². The third-order valence-electron chi connectivity index (χ3n) is 7.70. The number of methoxy groups -OCH3 is 2. The Morgan fingerprint density at radius 3 is 1.22 bits per heavy atom. The molecule has 1 saturated carbocycles. The van der Waals surface area contributed by atoms with Crippen LogP contribution in [0.4, 0.5) is 0 Å². The predicted octanol–water partition coefficient (Wildman–Crippen LogP) is 4.01. The van der Waals surface area contributed by atoms with E-state index in [9.17, 15) is 26.4 Å². The number of ether oxygens (including phenoxy) is 2. The standard InChI is InChI=1S/C34H32N4O10S2/c1-45-26-12-16-30(17-13-26)49(41,42)47-28-8-4-24(5-9-28)22-35-37-32(39)34(20-3-21-34)33(40)38-36-23-25-6-10-29(11-7-25)48-50(43,44)31-18-14-27(46-2)15-19-31/h4-19,22-23H,3,20-21H2,1-2H3,(H,37,39)(H,38,40). The summed E-state index contributed by atoms with van der Waals surface area (Å²) in [5.41, 5.74) is 4.52. The van der Waals surface area contributed by atoms with E-state index in [2.05, 4.69) is 21.1 Å². The van der Waals surface area contributed by atoms with Gasteiger partial charge in [-0.2, -0.15) is 27.0 Å². The van der Waals surface area contributed by atoms with Crippen molar-refractivity contribution < 1.29 is 44.3 Å². The van der Waals surface area contributed by atoms with Gasteiger partial charge < -0.3 is 17.8 Å². The fourth-order valence-corrected chi connectivity index (χ4v) is 6.55. The summed E-state index contributed by atoms with van der Waals surface area (Å²) in [7, 11) is -5.18. The summed E-state index contributed by atoms with van der Waals surface area (Å²) in [6.45, 7) is 0. The van der Waals surface area contributed by atoms with Crippen molar-refractivity contribution in [2.75, 3.05) is 14.2 Å². The number of hydrogen-bond donors (Lipinski definition) is 2. The average molecular weight is 721 g/mol. The topological polar surface area (TPSA) is 188 Å². The van der Waals surface area contributed by atoms with Gasteiger partial charge in [0.25, 0.3) is 11.8 Å². The SMILES string of the molecule is COc1ccc(S(=O)(=O)Oc2ccc(C=NNC(=O)C3(C(=O)NN=Cc4ccc(OS(=O)(=O)c5ccc(OC)cc5)cc4)CCC3)cc2)cc1. The van der Waals surface area contributed by atoms with Gasteiger partial charge in [-0.25, -0.2) is 10.9 Å². The van der Waals surface area contributed by atoms with Crippen LogP contribution in [0.1, 0.15) is 30.4 Å². The molecule has 0 atom stereocenters. The molecule has 1 aliphatic rings. The third kappa shape index (κ3) is 8.45. The summed E-state index contributed by atoms with van der Waals surface area (Å²) in [6.07, 6.45) is 3.96. The van der Waals surface area contributed by atoms with Gasteiger partial charge in [0.1, 0.15) is 38.2 Å². The van der Waals surface area contributed by atoms with Crippen LogP contribution in [0.15, 0.2) is 117 Å². The molecule has 0 heterocycles. The van der Waals surface area contributed by atoms with E-state index < -0.39 is 37.5 Å². The molecule has 0 aliphatic heterocycles. The van der Waals surface area contributed by atoms with E-state index in [4.69, 9.17) is 17.8 Å². The number of rotatable bonds is 14. The molecular formula is C34H32N4O10S2. The molecule has 0 aromatic heterocycles. The Labute approximate surface area is 289 Å². The van der Waals surface area contributed by atoms with Gasteiger partial charge in [0.2, 0.25) is 0 Å². The van der Waals surface area contributed by atoms with E-state index in [1.807, 2.05) is 0 Å².